The Morgan fingerprint density at radius 1 is 1.20 bits per heavy atom. The summed E-state index contributed by atoms with van der Waals surface area (Å²) in [5, 5.41) is 3.20. The van der Waals surface area contributed by atoms with Crippen LogP contribution in [-0.2, 0) is 11.2 Å². The number of hydrogen-bond acceptors (Lipinski definition) is 3. The lowest BCUT2D eigenvalue weighted by Gasteiger charge is -2.22. The van der Waals surface area contributed by atoms with Gasteiger partial charge in [0.15, 0.2) is 6.29 Å². The fourth-order valence-electron chi connectivity index (χ4n) is 2.77. The largest absolute Gasteiger partial charge is 0.393 e. The quantitative estimate of drug-likeness (QED) is 0.354. The lowest BCUT2D eigenvalue weighted by Crippen LogP contribution is -2.28. The molecular formula is C18H22F3N3O. The number of carbonyl (C=O) groups is 1. The molecule has 4 nitrogen and oxygen atoms in total. The van der Waals surface area contributed by atoms with Crippen LogP contribution in [0.2, 0.25) is 0 Å². The Kier molecular flexibility index (Phi) is 6.61. The number of amidine groups is 1. The van der Waals surface area contributed by atoms with Gasteiger partial charge >= 0.3 is 6.18 Å². The van der Waals surface area contributed by atoms with E-state index in [9.17, 15) is 18.0 Å². The van der Waals surface area contributed by atoms with Crippen LogP contribution in [0.25, 0.3) is 0 Å². The molecule has 0 saturated heterocycles. The second-order valence-corrected chi connectivity index (χ2v) is 6.17. The van der Waals surface area contributed by atoms with Crippen molar-refractivity contribution >= 4 is 17.8 Å². The Labute approximate surface area is 145 Å². The number of alkyl halides is 3. The highest BCUT2D eigenvalue weighted by Crippen LogP contribution is 2.23. The van der Waals surface area contributed by atoms with E-state index in [-0.39, 0.29) is 17.0 Å². The van der Waals surface area contributed by atoms with Gasteiger partial charge in [-0.2, -0.15) is 13.2 Å². The summed E-state index contributed by atoms with van der Waals surface area (Å²) in [4.78, 5) is 15.3. The van der Waals surface area contributed by atoms with Crippen molar-refractivity contribution in [1.29, 1.82) is 0 Å². The van der Waals surface area contributed by atoms with Gasteiger partial charge in [0.2, 0.25) is 0 Å². The Morgan fingerprint density at radius 2 is 1.84 bits per heavy atom. The number of rotatable bonds is 6. The molecule has 0 amide bonds. The molecule has 7 heteroatoms. The smallest absolute Gasteiger partial charge is 0.387 e. The number of benzene rings is 1. The molecule has 1 saturated carbocycles. The first-order valence-electron chi connectivity index (χ1n) is 8.29. The van der Waals surface area contributed by atoms with Crippen LogP contribution in [0.3, 0.4) is 0 Å². The molecule has 1 aromatic rings. The average molecular weight is 353 g/mol. The van der Waals surface area contributed by atoms with E-state index in [0.29, 0.717) is 18.0 Å². The van der Waals surface area contributed by atoms with Crippen LogP contribution < -0.4 is 11.1 Å². The predicted octanol–water partition coefficient (Wildman–Crippen LogP) is 3.79. The average Bonchev–Trinajstić information content (AvgIpc) is 2.57. The minimum Gasteiger partial charge on any atom is -0.387 e. The van der Waals surface area contributed by atoms with Crippen LogP contribution in [0.4, 0.5) is 18.9 Å². The molecule has 1 aromatic carbocycles. The third-order valence-electron chi connectivity index (χ3n) is 4.09. The number of nitrogens with zero attached hydrogens (tertiary/aromatic N) is 1. The lowest BCUT2D eigenvalue weighted by molar-refractivity contribution is -0.127. The van der Waals surface area contributed by atoms with Crippen LogP contribution >= 0.6 is 0 Å². The second-order valence-electron chi connectivity index (χ2n) is 6.17. The monoisotopic (exact) mass is 353 g/mol. The normalized spacial score (nSPS) is 17.4. The van der Waals surface area contributed by atoms with E-state index in [1.807, 2.05) is 0 Å². The summed E-state index contributed by atoms with van der Waals surface area (Å²) >= 11 is 0. The zero-order chi connectivity index (χ0) is 18.3. The predicted molar refractivity (Wildman–Crippen MR) is 91.6 cm³/mol. The van der Waals surface area contributed by atoms with Crippen LogP contribution in [0, 0.1) is 0 Å². The summed E-state index contributed by atoms with van der Waals surface area (Å²) in [5.74, 6) is 0.0295. The first kappa shape index (κ1) is 19.0. The van der Waals surface area contributed by atoms with Crippen LogP contribution in [0.15, 0.2) is 41.0 Å². The molecule has 1 aliphatic rings. The number of hydrogen-bond donors (Lipinski definition) is 2. The minimum atomic E-state index is -4.25. The second kappa shape index (κ2) is 8.69. The summed E-state index contributed by atoms with van der Waals surface area (Å²) in [6.07, 6.45) is 2.62. The molecule has 0 heterocycles. The fourth-order valence-corrected chi connectivity index (χ4v) is 2.77. The van der Waals surface area contributed by atoms with Crippen LogP contribution in [0.1, 0.15) is 37.7 Å². The van der Waals surface area contributed by atoms with E-state index in [2.05, 4.69) is 10.3 Å². The van der Waals surface area contributed by atoms with Gasteiger partial charge < -0.3 is 11.1 Å². The Balaban J connectivity index is 2.03. The minimum absolute atomic E-state index is 0.0295. The topological polar surface area (TPSA) is 67.5 Å². The standard InChI is InChI=1S/C18H22F3N3O/c19-18(20,21)10-13-6-8-16(9-7-13)24-17(22)14(12-25)11-23-15-4-2-1-3-5-15/h6-9,11-12,15,23H,1-5,10H2,(H2,22,24)/b14-11-. The van der Waals surface area contributed by atoms with Crippen molar-refractivity contribution in [2.75, 3.05) is 0 Å². The van der Waals surface area contributed by atoms with Crippen molar-refractivity contribution in [1.82, 2.24) is 5.32 Å². The van der Waals surface area contributed by atoms with Crippen molar-refractivity contribution in [3.63, 3.8) is 0 Å². The van der Waals surface area contributed by atoms with E-state index in [1.54, 1.807) is 6.20 Å². The van der Waals surface area contributed by atoms with Gasteiger partial charge in [-0.1, -0.05) is 31.4 Å². The highest BCUT2D eigenvalue weighted by Gasteiger charge is 2.27. The SMILES string of the molecule is NC(=Nc1ccc(CC(F)(F)F)cc1)/C(C=O)=C\NC1CCCCC1. The lowest BCUT2D eigenvalue weighted by atomic mass is 9.96. The third-order valence-corrected chi connectivity index (χ3v) is 4.09. The van der Waals surface area contributed by atoms with E-state index in [4.69, 9.17) is 5.73 Å². The Morgan fingerprint density at radius 3 is 2.40 bits per heavy atom. The van der Waals surface area contributed by atoms with Crippen molar-refractivity contribution in [3.8, 4) is 0 Å². The van der Waals surface area contributed by atoms with Gasteiger partial charge in [0, 0.05) is 12.2 Å². The summed E-state index contributed by atoms with van der Waals surface area (Å²) in [6.45, 7) is 0. The summed E-state index contributed by atoms with van der Waals surface area (Å²) in [7, 11) is 0. The molecule has 136 valence electrons. The maximum Gasteiger partial charge on any atom is 0.393 e. The van der Waals surface area contributed by atoms with Crippen LogP contribution in [0.5, 0.6) is 0 Å². The summed E-state index contributed by atoms with van der Waals surface area (Å²) in [6, 6.07) is 5.93. The zero-order valence-electron chi connectivity index (χ0n) is 13.9. The molecule has 0 aromatic heterocycles. The molecular weight excluding hydrogens is 331 g/mol. The third kappa shape index (κ3) is 6.60. The van der Waals surface area contributed by atoms with Gasteiger partial charge in [0.25, 0.3) is 0 Å². The van der Waals surface area contributed by atoms with E-state index >= 15 is 0 Å². The van der Waals surface area contributed by atoms with Crippen molar-refractivity contribution in [3.05, 3.63) is 41.6 Å². The van der Waals surface area contributed by atoms with Crippen molar-refractivity contribution in [2.24, 2.45) is 10.7 Å². The molecule has 25 heavy (non-hydrogen) atoms. The van der Waals surface area contributed by atoms with Gasteiger partial charge in [-0.15, -0.1) is 0 Å². The van der Waals surface area contributed by atoms with Gasteiger partial charge in [-0.25, -0.2) is 4.99 Å². The number of nitrogens with one attached hydrogen (secondary N) is 1. The van der Waals surface area contributed by atoms with E-state index < -0.39 is 12.6 Å². The maximum absolute atomic E-state index is 12.3. The van der Waals surface area contributed by atoms with E-state index in [1.165, 1.54) is 30.7 Å². The summed E-state index contributed by atoms with van der Waals surface area (Å²) in [5.41, 5.74) is 6.62. The van der Waals surface area contributed by atoms with Crippen LogP contribution in [-0.4, -0.2) is 24.3 Å². The number of nitrogens with two attached hydrogens (primary N) is 1. The van der Waals surface area contributed by atoms with Crippen molar-refractivity contribution in [2.45, 2.75) is 50.7 Å². The first-order valence-corrected chi connectivity index (χ1v) is 8.29. The highest BCUT2D eigenvalue weighted by molar-refractivity contribution is 6.13. The molecule has 1 aliphatic carbocycles. The van der Waals surface area contributed by atoms with E-state index in [0.717, 1.165) is 25.7 Å². The number of halogens is 3. The maximum atomic E-state index is 12.3. The number of aldehydes is 1. The fraction of sp³-hybridized carbons (Fsp3) is 0.444. The van der Waals surface area contributed by atoms with Gasteiger partial charge in [-0.05, 0) is 30.5 Å². The highest BCUT2D eigenvalue weighted by atomic mass is 19.4. The molecule has 0 aliphatic heterocycles. The Hall–Kier alpha value is -2.31. The summed E-state index contributed by atoms with van der Waals surface area (Å²) < 4.78 is 37.0. The number of aliphatic imine (C=N–C) groups is 1. The molecule has 0 atom stereocenters. The molecule has 0 unspecified atom stereocenters. The van der Waals surface area contributed by atoms with Gasteiger partial charge in [0.1, 0.15) is 5.84 Å². The Bertz CT molecular complexity index is 630. The zero-order valence-corrected chi connectivity index (χ0v) is 13.9. The number of carbonyl (C=O) groups excluding carboxylic acids is 1. The molecule has 3 N–H and O–H groups in total. The molecule has 0 bridgehead atoms. The molecule has 2 rings (SSSR count). The molecule has 1 fully saturated rings. The molecule has 0 spiro atoms. The van der Waals surface area contributed by atoms with Gasteiger partial charge in [-0.3, -0.25) is 4.79 Å². The molecule has 0 radical (unpaired) electrons. The van der Waals surface area contributed by atoms with Gasteiger partial charge in [0.05, 0.1) is 17.7 Å². The first-order chi connectivity index (χ1) is 11.9. The van der Waals surface area contributed by atoms with Crippen molar-refractivity contribution < 1.29 is 18.0 Å².